The Bertz CT molecular complexity index is 744. The van der Waals surface area contributed by atoms with E-state index in [0.717, 1.165) is 24.8 Å². The third-order valence-electron chi connectivity index (χ3n) is 6.06. The fourth-order valence-corrected chi connectivity index (χ4v) is 4.60. The van der Waals surface area contributed by atoms with E-state index in [1.165, 1.54) is 30.9 Å². The van der Waals surface area contributed by atoms with E-state index in [2.05, 4.69) is 41.0 Å². The predicted octanol–water partition coefficient (Wildman–Crippen LogP) is 3.03. The Balaban J connectivity index is 1.74. The van der Waals surface area contributed by atoms with Crippen LogP contribution in [-0.4, -0.2) is 53.7 Å². The lowest BCUT2D eigenvalue weighted by Gasteiger charge is -2.54. The quantitative estimate of drug-likeness (QED) is 0.659. The molecule has 3 N–H and O–H groups in total. The fourth-order valence-electron chi connectivity index (χ4n) is 4.60. The molecule has 29 heavy (non-hydrogen) atoms. The van der Waals surface area contributed by atoms with Crippen molar-refractivity contribution in [2.75, 3.05) is 19.7 Å². The van der Waals surface area contributed by atoms with Crippen LogP contribution in [0.5, 0.6) is 0 Å². The van der Waals surface area contributed by atoms with Gasteiger partial charge in [0.2, 0.25) is 5.91 Å². The standard InChI is InChI=1S/C23H33N3O3/c1-3-13-24-23(29)25-14-20-22(21(15-27)26(20)16(2)28)19-11-9-18(10-12-19)17-7-5-4-6-8-17/h7,9-12,20-22,27H,3-6,8,13-15H2,1-2H3,(H2,24,25,29)/t20-,21-,22+/m1/s1. The first-order valence-corrected chi connectivity index (χ1v) is 10.8. The monoisotopic (exact) mass is 399 g/mol. The summed E-state index contributed by atoms with van der Waals surface area (Å²) in [5.41, 5.74) is 3.76. The van der Waals surface area contributed by atoms with Crippen molar-refractivity contribution in [1.82, 2.24) is 15.5 Å². The van der Waals surface area contributed by atoms with Gasteiger partial charge in [0.05, 0.1) is 18.7 Å². The lowest BCUT2D eigenvalue weighted by Crippen LogP contribution is -2.68. The van der Waals surface area contributed by atoms with Crippen molar-refractivity contribution in [3.05, 3.63) is 41.5 Å². The number of benzene rings is 1. The first-order valence-electron chi connectivity index (χ1n) is 10.8. The molecule has 0 radical (unpaired) electrons. The molecule has 6 heteroatoms. The zero-order valence-electron chi connectivity index (χ0n) is 17.5. The maximum atomic E-state index is 12.1. The number of carbonyl (C=O) groups is 2. The van der Waals surface area contributed by atoms with Crippen molar-refractivity contribution >= 4 is 17.5 Å². The molecule has 0 spiro atoms. The van der Waals surface area contributed by atoms with Crippen LogP contribution >= 0.6 is 0 Å². The number of aliphatic hydroxyl groups is 1. The largest absolute Gasteiger partial charge is 0.394 e. The van der Waals surface area contributed by atoms with Crippen LogP contribution in [0, 0.1) is 0 Å². The highest BCUT2D eigenvalue weighted by molar-refractivity contribution is 5.77. The van der Waals surface area contributed by atoms with Crippen molar-refractivity contribution in [3.63, 3.8) is 0 Å². The smallest absolute Gasteiger partial charge is 0.314 e. The number of hydrogen-bond donors (Lipinski definition) is 3. The normalized spacial score (nSPS) is 23.8. The summed E-state index contributed by atoms with van der Waals surface area (Å²) in [4.78, 5) is 25.8. The molecule has 1 fully saturated rings. The maximum absolute atomic E-state index is 12.1. The van der Waals surface area contributed by atoms with E-state index in [4.69, 9.17) is 0 Å². The number of amides is 3. The number of carbonyl (C=O) groups excluding carboxylic acids is 2. The first kappa shape index (κ1) is 21.4. The molecule has 0 unspecified atom stereocenters. The van der Waals surface area contributed by atoms with E-state index in [0.29, 0.717) is 13.1 Å². The van der Waals surface area contributed by atoms with Gasteiger partial charge in [-0.25, -0.2) is 4.79 Å². The number of hydrogen-bond acceptors (Lipinski definition) is 3. The SMILES string of the molecule is CCCNC(=O)NC[C@@H]1[C@H](c2ccc(C3=CCCCC3)cc2)[C@@H](CO)N1C(C)=O. The molecule has 158 valence electrons. The van der Waals surface area contributed by atoms with Crippen molar-refractivity contribution in [2.45, 2.75) is 64.0 Å². The summed E-state index contributed by atoms with van der Waals surface area (Å²) in [6, 6.07) is 7.89. The summed E-state index contributed by atoms with van der Waals surface area (Å²) in [6.07, 6.45) is 7.98. The van der Waals surface area contributed by atoms with Gasteiger partial charge in [-0.2, -0.15) is 0 Å². The summed E-state index contributed by atoms with van der Waals surface area (Å²) in [6.45, 7) is 4.41. The fraction of sp³-hybridized carbons (Fsp3) is 0.565. The molecule has 1 saturated heterocycles. The molecule has 3 rings (SSSR count). The Kier molecular flexibility index (Phi) is 7.31. The van der Waals surface area contributed by atoms with Gasteiger partial charge in [0.1, 0.15) is 0 Å². The number of likely N-dealkylation sites (tertiary alicyclic amines) is 1. The van der Waals surface area contributed by atoms with E-state index in [1.807, 2.05) is 6.92 Å². The second-order valence-corrected chi connectivity index (χ2v) is 8.00. The average molecular weight is 400 g/mol. The van der Waals surface area contributed by atoms with Crippen LogP contribution in [0.1, 0.15) is 63.0 Å². The number of allylic oxidation sites excluding steroid dienone is 2. The highest BCUT2D eigenvalue weighted by Crippen LogP contribution is 2.41. The zero-order chi connectivity index (χ0) is 20.8. The third-order valence-corrected chi connectivity index (χ3v) is 6.06. The third kappa shape index (κ3) is 4.81. The van der Waals surface area contributed by atoms with Crippen LogP contribution in [-0.2, 0) is 4.79 Å². The molecule has 2 aliphatic rings. The van der Waals surface area contributed by atoms with Crippen LogP contribution in [0.2, 0.25) is 0 Å². The molecular formula is C23H33N3O3. The van der Waals surface area contributed by atoms with Crippen LogP contribution < -0.4 is 10.6 Å². The minimum absolute atomic E-state index is 0.00441. The van der Waals surface area contributed by atoms with Crippen LogP contribution in [0.25, 0.3) is 5.57 Å². The molecule has 0 bridgehead atoms. The molecule has 0 saturated carbocycles. The van der Waals surface area contributed by atoms with E-state index < -0.39 is 0 Å². The molecular weight excluding hydrogens is 366 g/mol. The van der Waals surface area contributed by atoms with Gasteiger partial charge >= 0.3 is 6.03 Å². The maximum Gasteiger partial charge on any atom is 0.314 e. The Morgan fingerprint density at radius 3 is 2.48 bits per heavy atom. The van der Waals surface area contributed by atoms with Crippen LogP contribution in [0.4, 0.5) is 4.79 Å². The summed E-state index contributed by atoms with van der Waals surface area (Å²) >= 11 is 0. The van der Waals surface area contributed by atoms with Gasteiger partial charge in [-0.1, -0.05) is 37.3 Å². The first-order chi connectivity index (χ1) is 14.1. The van der Waals surface area contributed by atoms with Gasteiger partial charge in [0.25, 0.3) is 0 Å². The van der Waals surface area contributed by atoms with Crippen molar-refractivity contribution in [3.8, 4) is 0 Å². The minimum Gasteiger partial charge on any atom is -0.394 e. The predicted molar refractivity (Wildman–Crippen MR) is 115 cm³/mol. The number of rotatable bonds is 7. The summed E-state index contributed by atoms with van der Waals surface area (Å²) < 4.78 is 0. The molecule has 1 aromatic rings. The number of nitrogens with zero attached hydrogens (tertiary/aromatic N) is 1. The lowest BCUT2D eigenvalue weighted by atomic mass is 9.74. The van der Waals surface area contributed by atoms with Crippen LogP contribution in [0.15, 0.2) is 30.3 Å². The molecule has 6 nitrogen and oxygen atoms in total. The second kappa shape index (κ2) is 9.92. The molecule has 1 heterocycles. The molecule has 3 amide bonds. The van der Waals surface area contributed by atoms with Gasteiger partial charge in [0, 0.05) is 25.9 Å². The van der Waals surface area contributed by atoms with Gasteiger partial charge in [-0.15, -0.1) is 0 Å². The minimum atomic E-state index is -0.252. The van der Waals surface area contributed by atoms with Crippen molar-refractivity contribution in [2.24, 2.45) is 0 Å². The number of urea groups is 1. The topological polar surface area (TPSA) is 81.7 Å². The second-order valence-electron chi connectivity index (χ2n) is 8.00. The summed E-state index contributed by atoms with van der Waals surface area (Å²) in [5, 5.41) is 15.6. The average Bonchev–Trinajstić information content (AvgIpc) is 2.72. The molecule has 1 aliphatic carbocycles. The highest BCUT2D eigenvalue weighted by Gasteiger charge is 2.49. The van der Waals surface area contributed by atoms with Crippen molar-refractivity contribution in [1.29, 1.82) is 0 Å². The number of aliphatic hydroxyl groups excluding tert-OH is 1. The Hall–Kier alpha value is -2.34. The van der Waals surface area contributed by atoms with Gasteiger partial charge in [0.15, 0.2) is 0 Å². The molecule has 1 aromatic carbocycles. The van der Waals surface area contributed by atoms with E-state index in [9.17, 15) is 14.7 Å². The van der Waals surface area contributed by atoms with E-state index in [-0.39, 0.29) is 36.5 Å². The van der Waals surface area contributed by atoms with Gasteiger partial charge in [-0.05, 0) is 48.8 Å². The van der Waals surface area contributed by atoms with Crippen LogP contribution in [0.3, 0.4) is 0 Å². The Labute approximate surface area is 173 Å². The molecule has 1 aliphatic heterocycles. The van der Waals surface area contributed by atoms with E-state index >= 15 is 0 Å². The van der Waals surface area contributed by atoms with E-state index in [1.54, 1.807) is 4.90 Å². The highest BCUT2D eigenvalue weighted by atomic mass is 16.3. The van der Waals surface area contributed by atoms with Crippen molar-refractivity contribution < 1.29 is 14.7 Å². The Morgan fingerprint density at radius 1 is 1.14 bits per heavy atom. The number of nitrogens with one attached hydrogen (secondary N) is 2. The van der Waals surface area contributed by atoms with Gasteiger partial charge in [-0.3, -0.25) is 4.79 Å². The zero-order valence-corrected chi connectivity index (χ0v) is 17.5. The molecule has 3 atom stereocenters. The Morgan fingerprint density at radius 2 is 1.90 bits per heavy atom. The lowest BCUT2D eigenvalue weighted by molar-refractivity contribution is -0.147. The molecule has 0 aromatic heterocycles. The van der Waals surface area contributed by atoms with Gasteiger partial charge < -0.3 is 20.6 Å². The summed E-state index contributed by atoms with van der Waals surface area (Å²) in [7, 11) is 0. The summed E-state index contributed by atoms with van der Waals surface area (Å²) in [5.74, 6) is -0.0743.